The minimum absolute atomic E-state index is 0.0865. The van der Waals surface area contributed by atoms with Crippen molar-refractivity contribution in [2.45, 2.75) is 19.3 Å². The van der Waals surface area contributed by atoms with Gasteiger partial charge in [-0.15, -0.1) is 0 Å². The van der Waals surface area contributed by atoms with Crippen LogP contribution >= 0.6 is 15.9 Å². The van der Waals surface area contributed by atoms with E-state index in [-0.39, 0.29) is 12.0 Å². The molecule has 1 N–H and O–H groups in total. The van der Waals surface area contributed by atoms with Crippen molar-refractivity contribution in [2.24, 2.45) is 0 Å². The molecule has 0 saturated carbocycles. The number of benzene rings is 3. The fourth-order valence-corrected chi connectivity index (χ4v) is 4.42. The molecule has 0 radical (unpaired) electrons. The summed E-state index contributed by atoms with van der Waals surface area (Å²) in [6, 6.07) is 22.9. The van der Waals surface area contributed by atoms with E-state index in [0.29, 0.717) is 13.2 Å². The maximum atomic E-state index is 12.2. The summed E-state index contributed by atoms with van der Waals surface area (Å²) in [5.74, 6) is 0.0865. The lowest BCUT2D eigenvalue weighted by Crippen LogP contribution is -2.26. The molecule has 0 fully saturated rings. The molecule has 4 rings (SSSR count). The molecule has 0 bridgehead atoms. The van der Waals surface area contributed by atoms with Crippen molar-refractivity contribution in [1.29, 1.82) is 0 Å². The third-order valence-corrected chi connectivity index (χ3v) is 5.95. The average Bonchev–Trinajstić information content (AvgIpc) is 3.07. The Labute approximate surface area is 185 Å². The maximum Gasteiger partial charge on any atom is 0.407 e. The van der Waals surface area contributed by atoms with Crippen molar-refractivity contribution < 1.29 is 9.53 Å². The second-order valence-electron chi connectivity index (χ2n) is 7.44. The molecule has 1 aliphatic carbocycles. The third kappa shape index (κ3) is 4.49. The zero-order valence-electron chi connectivity index (χ0n) is 16.9. The largest absolute Gasteiger partial charge is 0.449 e. The molecule has 1 aliphatic rings. The van der Waals surface area contributed by atoms with E-state index in [1.165, 1.54) is 33.4 Å². The van der Waals surface area contributed by atoms with E-state index in [4.69, 9.17) is 4.74 Å². The van der Waals surface area contributed by atoms with Crippen LogP contribution in [0.15, 0.2) is 77.3 Å². The molecule has 152 valence electrons. The van der Waals surface area contributed by atoms with Gasteiger partial charge < -0.3 is 10.1 Å². The zero-order chi connectivity index (χ0) is 20.9. The van der Waals surface area contributed by atoms with E-state index in [0.717, 1.165) is 10.9 Å². The molecule has 0 atom stereocenters. The van der Waals surface area contributed by atoms with Gasteiger partial charge >= 0.3 is 6.09 Å². The topological polar surface area (TPSA) is 38.3 Å². The van der Waals surface area contributed by atoms with Crippen molar-refractivity contribution in [3.05, 3.63) is 99.5 Å². The van der Waals surface area contributed by atoms with Gasteiger partial charge in [-0.1, -0.05) is 82.7 Å². The van der Waals surface area contributed by atoms with Gasteiger partial charge in [-0.3, -0.25) is 0 Å². The number of nitrogens with one attached hydrogen (secondary N) is 1. The standard InChI is InChI=1S/C26H24BrNO2/c1-18-16-20(27)14-13-19(18)8-6-7-15-28-26(29)30-17-25-23-11-4-2-9-21(23)22-10-3-5-12-24(22)25/h2-6,8-14,16,25H,7,15,17H2,1H3,(H,28,29). The van der Waals surface area contributed by atoms with Crippen LogP contribution in [0.5, 0.6) is 0 Å². The molecule has 0 aromatic heterocycles. The number of ether oxygens (including phenoxy) is 1. The van der Waals surface area contributed by atoms with Gasteiger partial charge in [0.1, 0.15) is 6.61 Å². The Bertz CT molecular complexity index is 1040. The Morgan fingerprint density at radius 2 is 1.70 bits per heavy atom. The van der Waals surface area contributed by atoms with Crippen molar-refractivity contribution in [3.63, 3.8) is 0 Å². The van der Waals surface area contributed by atoms with Gasteiger partial charge in [0.2, 0.25) is 0 Å². The van der Waals surface area contributed by atoms with E-state index in [9.17, 15) is 4.79 Å². The second kappa shape index (κ2) is 9.31. The fourth-order valence-electron chi connectivity index (χ4n) is 3.94. The molecule has 0 unspecified atom stereocenters. The van der Waals surface area contributed by atoms with E-state index in [1.54, 1.807) is 0 Å². The van der Waals surface area contributed by atoms with Crippen LogP contribution in [0, 0.1) is 6.92 Å². The van der Waals surface area contributed by atoms with E-state index < -0.39 is 0 Å². The number of hydrogen-bond donors (Lipinski definition) is 1. The third-order valence-electron chi connectivity index (χ3n) is 5.45. The lowest BCUT2D eigenvalue weighted by atomic mass is 9.98. The molecule has 1 amide bonds. The predicted octanol–water partition coefficient (Wildman–Crippen LogP) is 6.70. The number of fused-ring (bicyclic) bond motifs is 3. The van der Waals surface area contributed by atoms with E-state index in [2.05, 4.69) is 88.9 Å². The second-order valence-corrected chi connectivity index (χ2v) is 8.36. The van der Waals surface area contributed by atoms with Gasteiger partial charge in [0.15, 0.2) is 0 Å². The van der Waals surface area contributed by atoms with Crippen LogP contribution in [0.2, 0.25) is 0 Å². The Kier molecular flexibility index (Phi) is 6.34. The molecule has 0 heterocycles. The zero-order valence-corrected chi connectivity index (χ0v) is 18.5. The molecule has 3 nitrogen and oxygen atoms in total. The van der Waals surface area contributed by atoms with Crippen molar-refractivity contribution >= 4 is 28.1 Å². The molecule has 3 aromatic carbocycles. The van der Waals surface area contributed by atoms with Crippen molar-refractivity contribution in [1.82, 2.24) is 5.32 Å². The molecular formula is C26H24BrNO2. The van der Waals surface area contributed by atoms with Gasteiger partial charge in [-0.2, -0.15) is 0 Å². The summed E-state index contributed by atoms with van der Waals surface area (Å²) in [4.78, 5) is 12.2. The summed E-state index contributed by atoms with van der Waals surface area (Å²) in [5.41, 5.74) is 7.30. The van der Waals surface area contributed by atoms with Gasteiger partial charge in [0.05, 0.1) is 0 Å². The summed E-state index contributed by atoms with van der Waals surface area (Å²) < 4.78 is 6.64. The molecule has 30 heavy (non-hydrogen) atoms. The van der Waals surface area contributed by atoms with Crippen molar-refractivity contribution in [3.8, 4) is 11.1 Å². The first kappa shape index (κ1) is 20.4. The van der Waals surface area contributed by atoms with Crippen molar-refractivity contribution in [2.75, 3.05) is 13.2 Å². The summed E-state index contributed by atoms with van der Waals surface area (Å²) in [6.45, 7) is 2.97. The van der Waals surface area contributed by atoms with Crippen LogP contribution in [-0.2, 0) is 4.74 Å². The highest BCUT2D eigenvalue weighted by atomic mass is 79.9. The van der Waals surface area contributed by atoms with E-state index >= 15 is 0 Å². The fraction of sp³-hybridized carbons (Fsp3) is 0.192. The number of carbonyl (C=O) groups is 1. The van der Waals surface area contributed by atoms with Crippen LogP contribution < -0.4 is 5.32 Å². The number of rotatable bonds is 6. The molecule has 0 aliphatic heterocycles. The summed E-state index contributed by atoms with van der Waals surface area (Å²) in [5, 5.41) is 2.84. The van der Waals surface area contributed by atoms with E-state index in [1.807, 2.05) is 18.2 Å². The monoisotopic (exact) mass is 461 g/mol. The summed E-state index contributed by atoms with van der Waals surface area (Å²) in [6.07, 6.45) is 4.53. The number of alkyl carbamates (subject to hydrolysis) is 1. The number of halogens is 1. The van der Waals surface area contributed by atoms with Gasteiger partial charge in [-0.05, 0) is 58.9 Å². The molecule has 4 heteroatoms. The smallest absolute Gasteiger partial charge is 0.407 e. The van der Waals surface area contributed by atoms with Crippen LogP contribution in [0.3, 0.4) is 0 Å². The van der Waals surface area contributed by atoms with Crippen LogP contribution in [0.25, 0.3) is 17.2 Å². The number of hydrogen-bond acceptors (Lipinski definition) is 2. The predicted molar refractivity (Wildman–Crippen MR) is 126 cm³/mol. The Balaban J connectivity index is 1.28. The van der Waals surface area contributed by atoms with Gasteiger partial charge in [0, 0.05) is 16.9 Å². The maximum absolute atomic E-state index is 12.2. The first-order valence-corrected chi connectivity index (χ1v) is 10.9. The number of amides is 1. The van der Waals surface area contributed by atoms with Crippen LogP contribution in [0.4, 0.5) is 4.79 Å². The Morgan fingerprint density at radius 3 is 2.37 bits per heavy atom. The highest BCUT2D eigenvalue weighted by Crippen LogP contribution is 2.44. The quantitative estimate of drug-likeness (QED) is 0.414. The Hall–Kier alpha value is -2.85. The lowest BCUT2D eigenvalue weighted by molar-refractivity contribution is 0.143. The minimum Gasteiger partial charge on any atom is -0.449 e. The highest BCUT2D eigenvalue weighted by Gasteiger charge is 2.28. The summed E-state index contributed by atoms with van der Waals surface area (Å²) in [7, 11) is 0. The minimum atomic E-state index is -0.370. The Morgan fingerprint density at radius 1 is 1.03 bits per heavy atom. The number of aryl methyl sites for hydroxylation is 1. The average molecular weight is 462 g/mol. The highest BCUT2D eigenvalue weighted by molar-refractivity contribution is 9.10. The normalized spacial score (nSPS) is 12.6. The van der Waals surface area contributed by atoms with Crippen LogP contribution in [0.1, 0.15) is 34.6 Å². The molecule has 0 spiro atoms. The molecule has 0 saturated heterocycles. The first-order valence-electron chi connectivity index (χ1n) is 10.1. The molecule has 3 aromatic rings. The summed E-state index contributed by atoms with van der Waals surface area (Å²) >= 11 is 3.48. The van der Waals surface area contributed by atoms with Gasteiger partial charge in [0.25, 0.3) is 0 Å². The number of carbonyl (C=O) groups excluding carboxylic acids is 1. The molecular weight excluding hydrogens is 438 g/mol. The SMILES string of the molecule is Cc1cc(Br)ccc1C=CCCNC(=O)OCC1c2ccccc2-c2ccccc21. The lowest BCUT2D eigenvalue weighted by Gasteiger charge is -2.14. The first-order chi connectivity index (χ1) is 14.6. The van der Waals surface area contributed by atoms with Crippen LogP contribution in [-0.4, -0.2) is 19.2 Å². The van der Waals surface area contributed by atoms with Gasteiger partial charge in [-0.25, -0.2) is 4.79 Å².